The highest BCUT2D eigenvalue weighted by Gasteiger charge is 2.25. The number of ether oxygens (including phenoxy) is 2. The second-order valence-corrected chi connectivity index (χ2v) is 5.47. The number of hydrogen-bond donors (Lipinski definition) is 1. The van der Waals surface area contributed by atoms with Gasteiger partial charge in [-0.05, 0) is 11.1 Å². The summed E-state index contributed by atoms with van der Waals surface area (Å²) in [6, 6.07) is 21.2. The van der Waals surface area contributed by atoms with Gasteiger partial charge in [-0.3, -0.25) is 5.32 Å². The molecular weight excluding hydrogens is 338 g/mol. The molecule has 0 saturated heterocycles. The number of amidine groups is 2. The summed E-state index contributed by atoms with van der Waals surface area (Å²) < 4.78 is 11.2. The second-order valence-electron chi connectivity index (χ2n) is 5.47. The maximum absolute atomic E-state index is 5.60. The highest BCUT2D eigenvalue weighted by atomic mass is 16.5. The molecule has 0 unspecified atom stereocenters. The lowest BCUT2D eigenvalue weighted by Crippen LogP contribution is -2.30. The number of rotatable bonds is 2. The fourth-order valence-corrected chi connectivity index (χ4v) is 2.67. The van der Waals surface area contributed by atoms with Crippen LogP contribution in [0.2, 0.25) is 0 Å². The molecular formula is C22H31N3O2. The van der Waals surface area contributed by atoms with Crippen molar-refractivity contribution in [1.82, 2.24) is 5.32 Å². The monoisotopic (exact) mass is 369 g/mol. The summed E-state index contributed by atoms with van der Waals surface area (Å²) in [4.78, 5) is 9.08. The lowest BCUT2D eigenvalue weighted by Gasteiger charge is -2.03. The van der Waals surface area contributed by atoms with Crippen LogP contribution in [-0.2, 0) is 9.47 Å². The Morgan fingerprint density at radius 2 is 1.07 bits per heavy atom. The van der Waals surface area contributed by atoms with E-state index in [1.54, 1.807) is 0 Å². The molecule has 5 nitrogen and oxygen atoms in total. The van der Waals surface area contributed by atoms with Gasteiger partial charge in [0.25, 0.3) is 12.0 Å². The van der Waals surface area contributed by atoms with Crippen LogP contribution in [-0.4, -0.2) is 25.3 Å². The van der Waals surface area contributed by atoms with E-state index in [4.69, 9.17) is 9.47 Å². The van der Waals surface area contributed by atoms with Crippen LogP contribution in [0.3, 0.4) is 0 Å². The molecule has 1 N–H and O–H groups in total. The van der Waals surface area contributed by atoms with Gasteiger partial charge in [0.15, 0.2) is 0 Å². The summed E-state index contributed by atoms with van der Waals surface area (Å²) in [7, 11) is 0. The molecule has 27 heavy (non-hydrogen) atoms. The van der Waals surface area contributed by atoms with Gasteiger partial charge in [-0.25, -0.2) is 9.98 Å². The Hall–Kier alpha value is -2.82. The van der Waals surface area contributed by atoms with Crippen LogP contribution in [0.1, 0.15) is 52.3 Å². The smallest absolute Gasteiger partial charge is 0.293 e. The third kappa shape index (κ3) is 5.58. The number of nitrogens with zero attached hydrogens (tertiary/aromatic N) is 2. The molecule has 5 heteroatoms. The van der Waals surface area contributed by atoms with E-state index in [0.717, 1.165) is 11.1 Å². The first kappa shape index (κ1) is 20.5. The molecule has 0 amide bonds. The van der Waals surface area contributed by atoms with Gasteiger partial charge in [-0.1, -0.05) is 88.4 Å². The van der Waals surface area contributed by atoms with Crippen molar-refractivity contribution in [2.75, 3.05) is 13.2 Å². The van der Waals surface area contributed by atoms with E-state index in [1.165, 1.54) is 0 Å². The molecule has 0 saturated carbocycles. The van der Waals surface area contributed by atoms with Crippen LogP contribution >= 0.6 is 0 Å². The summed E-state index contributed by atoms with van der Waals surface area (Å²) >= 11 is 0. The minimum absolute atomic E-state index is 0. The molecule has 0 aliphatic carbocycles. The van der Waals surface area contributed by atoms with E-state index in [9.17, 15) is 0 Å². The predicted molar refractivity (Wildman–Crippen MR) is 113 cm³/mol. The van der Waals surface area contributed by atoms with Crippen molar-refractivity contribution in [2.45, 2.75) is 39.8 Å². The van der Waals surface area contributed by atoms with Gasteiger partial charge >= 0.3 is 0 Å². The van der Waals surface area contributed by atoms with Gasteiger partial charge in [-0.2, -0.15) is 0 Å². The minimum atomic E-state index is 0. The van der Waals surface area contributed by atoms with E-state index in [2.05, 4.69) is 39.6 Å². The third-order valence-electron chi connectivity index (χ3n) is 3.88. The molecule has 2 heterocycles. The SMILES string of the molecule is CC.CC.[HH].c1ccc([C@H]2COC(NC3=N[C@@H](c4ccccc4)CO3)=N2)cc1. The zero-order chi connectivity index (χ0) is 19.5. The van der Waals surface area contributed by atoms with Crippen molar-refractivity contribution in [3.8, 4) is 0 Å². The molecule has 2 aliphatic heterocycles. The quantitative estimate of drug-likeness (QED) is 0.798. The first-order valence-corrected chi connectivity index (χ1v) is 9.66. The number of benzene rings is 2. The van der Waals surface area contributed by atoms with Crippen molar-refractivity contribution in [1.29, 1.82) is 0 Å². The molecule has 0 spiro atoms. The fraction of sp³-hybridized carbons (Fsp3) is 0.364. The zero-order valence-corrected chi connectivity index (χ0v) is 16.6. The topological polar surface area (TPSA) is 55.2 Å². The average Bonchev–Trinajstić information content (AvgIpc) is 3.43. The second kappa shape index (κ2) is 11.0. The first-order chi connectivity index (χ1) is 13.4. The zero-order valence-electron chi connectivity index (χ0n) is 16.6. The summed E-state index contributed by atoms with van der Waals surface area (Å²) in [5.74, 6) is 0. The molecule has 2 aliphatic rings. The molecule has 0 bridgehead atoms. The van der Waals surface area contributed by atoms with Crippen molar-refractivity contribution in [3.63, 3.8) is 0 Å². The number of aliphatic imine (C=N–C) groups is 2. The minimum Gasteiger partial charge on any atom is -0.462 e. The Labute approximate surface area is 163 Å². The van der Waals surface area contributed by atoms with E-state index < -0.39 is 0 Å². The van der Waals surface area contributed by atoms with E-state index in [0.29, 0.717) is 25.3 Å². The van der Waals surface area contributed by atoms with Crippen LogP contribution in [0.4, 0.5) is 0 Å². The van der Waals surface area contributed by atoms with Crippen LogP contribution in [0, 0.1) is 0 Å². The highest BCUT2D eigenvalue weighted by molar-refractivity contribution is 5.94. The summed E-state index contributed by atoms with van der Waals surface area (Å²) in [5, 5.41) is 3.03. The summed E-state index contributed by atoms with van der Waals surface area (Å²) in [6.07, 6.45) is 0. The Morgan fingerprint density at radius 1 is 0.704 bits per heavy atom. The maximum atomic E-state index is 5.60. The van der Waals surface area contributed by atoms with E-state index >= 15 is 0 Å². The van der Waals surface area contributed by atoms with Gasteiger partial charge in [0, 0.05) is 1.43 Å². The fourth-order valence-electron chi connectivity index (χ4n) is 2.67. The van der Waals surface area contributed by atoms with Gasteiger partial charge in [0.2, 0.25) is 0 Å². The van der Waals surface area contributed by atoms with Crippen molar-refractivity contribution in [3.05, 3.63) is 71.8 Å². The van der Waals surface area contributed by atoms with Gasteiger partial charge < -0.3 is 9.47 Å². The lowest BCUT2D eigenvalue weighted by atomic mass is 10.1. The van der Waals surface area contributed by atoms with E-state index in [1.807, 2.05) is 64.1 Å². The Kier molecular flexibility index (Phi) is 8.36. The first-order valence-electron chi connectivity index (χ1n) is 9.66. The molecule has 0 fully saturated rings. The Bertz CT molecular complexity index is 672. The maximum Gasteiger partial charge on any atom is 0.293 e. The molecule has 146 valence electrons. The summed E-state index contributed by atoms with van der Waals surface area (Å²) in [6.45, 7) is 9.06. The lowest BCUT2D eigenvalue weighted by molar-refractivity contribution is 0.293. The van der Waals surface area contributed by atoms with Crippen molar-refractivity contribution in [2.24, 2.45) is 9.98 Å². The van der Waals surface area contributed by atoms with Gasteiger partial charge in [-0.15, -0.1) is 0 Å². The molecule has 0 aromatic heterocycles. The van der Waals surface area contributed by atoms with Crippen molar-refractivity contribution < 1.29 is 10.9 Å². The Morgan fingerprint density at radius 3 is 1.44 bits per heavy atom. The molecule has 2 aromatic carbocycles. The molecule has 0 radical (unpaired) electrons. The normalized spacial score (nSPS) is 19.9. The summed E-state index contributed by atoms with van der Waals surface area (Å²) in [5.41, 5.74) is 2.28. The Balaban J connectivity index is 0.000000739. The number of hydrogen-bond acceptors (Lipinski definition) is 5. The van der Waals surface area contributed by atoms with Crippen LogP contribution < -0.4 is 5.32 Å². The van der Waals surface area contributed by atoms with Crippen LogP contribution in [0.15, 0.2) is 70.6 Å². The molecule has 2 aromatic rings. The van der Waals surface area contributed by atoms with Crippen LogP contribution in [0.25, 0.3) is 0 Å². The van der Waals surface area contributed by atoms with Gasteiger partial charge in [0.05, 0.1) is 0 Å². The molecule has 2 atom stereocenters. The standard InChI is InChI=1S/C18H17N3O2.2C2H6.H2/c1-3-7-13(8-4-1)15-11-22-17(19-15)21-18-20-16(12-23-18)14-9-5-2-6-10-14;2*1-2;/h1-10,15-16H,11-12H2,(H,19,20,21);2*1-2H3;1H/t15-,16-;;;/m1.../s1. The molecule has 4 rings (SSSR count). The third-order valence-corrected chi connectivity index (χ3v) is 3.88. The largest absolute Gasteiger partial charge is 0.462 e. The van der Waals surface area contributed by atoms with Crippen LogP contribution in [0.5, 0.6) is 0 Å². The predicted octanol–water partition coefficient (Wildman–Crippen LogP) is 5.13. The van der Waals surface area contributed by atoms with Crippen molar-refractivity contribution >= 4 is 12.0 Å². The average molecular weight is 370 g/mol. The van der Waals surface area contributed by atoms with E-state index in [-0.39, 0.29) is 13.5 Å². The highest BCUT2D eigenvalue weighted by Crippen LogP contribution is 2.24. The number of nitrogens with one attached hydrogen (secondary N) is 1. The van der Waals surface area contributed by atoms with Gasteiger partial charge in [0.1, 0.15) is 25.3 Å².